The molecule has 0 atom stereocenters. The molecule has 0 heterocycles. The van der Waals surface area contributed by atoms with Crippen LogP contribution in [0.3, 0.4) is 0 Å². The van der Waals surface area contributed by atoms with Crippen molar-refractivity contribution in [3.05, 3.63) is 90.0 Å². The average molecular weight is 409 g/mol. The first-order valence-electron chi connectivity index (χ1n) is 8.70. The maximum atomic E-state index is 12.5. The van der Waals surface area contributed by atoms with Gasteiger partial charge in [0.25, 0.3) is 21.8 Å². The van der Waals surface area contributed by atoms with Gasteiger partial charge in [0.15, 0.2) is 0 Å². The van der Waals surface area contributed by atoms with E-state index in [1.165, 1.54) is 31.3 Å². The SMILES string of the molecule is CNC(=O)c1cccc(NC(=O)c2ccc(S(=O)(=O)Nc3ccccc3)cc2)c1. The topological polar surface area (TPSA) is 104 Å². The normalized spacial score (nSPS) is 10.8. The first kappa shape index (κ1) is 20.1. The average Bonchev–Trinajstić information content (AvgIpc) is 2.74. The van der Waals surface area contributed by atoms with Gasteiger partial charge in [-0.1, -0.05) is 24.3 Å². The van der Waals surface area contributed by atoms with E-state index in [-0.39, 0.29) is 16.4 Å². The minimum Gasteiger partial charge on any atom is -0.355 e. The number of hydrogen-bond acceptors (Lipinski definition) is 4. The van der Waals surface area contributed by atoms with Crippen LogP contribution in [0.15, 0.2) is 83.8 Å². The van der Waals surface area contributed by atoms with Crippen LogP contribution in [-0.4, -0.2) is 27.3 Å². The van der Waals surface area contributed by atoms with Crippen LogP contribution in [0.4, 0.5) is 11.4 Å². The number of sulfonamides is 1. The van der Waals surface area contributed by atoms with Gasteiger partial charge in [-0.3, -0.25) is 14.3 Å². The van der Waals surface area contributed by atoms with Crippen LogP contribution in [0.25, 0.3) is 0 Å². The molecule has 0 spiro atoms. The Balaban J connectivity index is 1.73. The third-order valence-corrected chi connectivity index (χ3v) is 5.46. The fourth-order valence-corrected chi connectivity index (χ4v) is 3.65. The molecule has 2 amide bonds. The van der Waals surface area contributed by atoms with Gasteiger partial charge in [0, 0.05) is 29.5 Å². The summed E-state index contributed by atoms with van der Waals surface area (Å²) in [6.07, 6.45) is 0. The molecule has 0 radical (unpaired) electrons. The van der Waals surface area contributed by atoms with Crippen molar-refractivity contribution in [3.63, 3.8) is 0 Å². The van der Waals surface area contributed by atoms with Gasteiger partial charge in [-0.05, 0) is 54.6 Å². The number of carbonyl (C=O) groups is 2. The number of benzene rings is 3. The lowest BCUT2D eigenvalue weighted by atomic mass is 10.1. The molecule has 3 N–H and O–H groups in total. The Kier molecular flexibility index (Phi) is 5.94. The van der Waals surface area contributed by atoms with Crippen LogP contribution in [0.1, 0.15) is 20.7 Å². The number of amides is 2. The Labute approximate surface area is 168 Å². The Morgan fingerprint density at radius 2 is 1.38 bits per heavy atom. The Bertz CT molecular complexity index is 1130. The quantitative estimate of drug-likeness (QED) is 0.582. The number of para-hydroxylation sites is 1. The molecule has 148 valence electrons. The molecule has 0 bridgehead atoms. The molecule has 29 heavy (non-hydrogen) atoms. The number of hydrogen-bond donors (Lipinski definition) is 3. The molecule has 8 heteroatoms. The van der Waals surface area contributed by atoms with E-state index in [0.717, 1.165) is 0 Å². The van der Waals surface area contributed by atoms with E-state index in [1.54, 1.807) is 54.6 Å². The summed E-state index contributed by atoms with van der Waals surface area (Å²) in [6, 6.07) is 20.6. The molecule has 3 rings (SSSR count). The predicted molar refractivity (Wildman–Crippen MR) is 111 cm³/mol. The molecule has 0 aromatic heterocycles. The zero-order valence-corrected chi connectivity index (χ0v) is 16.4. The summed E-state index contributed by atoms with van der Waals surface area (Å²) >= 11 is 0. The molecular weight excluding hydrogens is 390 g/mol. The maximum Gasteiger partial charge on any atom is 0.261 e. The van der Waals surface area contributed by atoms with E-state index in [4.69, 9.17) is 0 Å². The van der Waals surface area contributed by atoms with E-state index in [1.807, 2.05) is 0 Å². The summed E-state index contributed by atoms with van der Waals surface area (Å²) in [7, 11) is -2.24. The molecule has 0 saturated heterocycles. The highest BCUT2D eigenvalue weighted by atomic mass is 32.2. The van der Waals surface area contributed by atoms with Gasteiger partial charge in [-0.25, -0.2) is 8.42 Å². The Morgan fingerprint density at radius 1 is 0.724 bits per heavy atom. The summed E-state index contributed by atoms with van der Waals surface area (Å²) in [5, 5.41) is 5.21. The number of nitrogens with one attached hydrogen (secondary N) is 3. The number of rotatable bonds is 6. The van der Waals surface area contributed by atoms with Crippen molar-refractivity contribution in [2.24, 2.45) is 0 Å². The molecule has 7 nitrogen and oxygen atoms in total. The largest absolute Gasteiger partial charge is 0.355 e. The lowest BCUT2D eigenvalue weighted by Crippen LogP contribution is -2.18. The fraction of sp³-hybridized carbons (Fsp3) is 0.0476. The van der Waals surface area contributed by atoms with Gasteiger partial charge in [-0.2, -0.15) is 0 Å². The zero-order valence-electron chi connectivity index (χ0n) is 15.5. The van der Waals surface area contributed by atoms with E-state index >= 15 is 0 Å². The van der Waals surface area contributed by atoms with Gasteiger partial charge >= 0.3 is 0 Å². The van der Waals surface area contributed by atoms with Crippen molar-refractivity contribution in [2.75, 3.05) is 17.1 Å². The van der Waals surface area contributed by atoms with Crippen molar-refractivity contribution in [2.45, 2.75) is 4.90 Å². The molecule has 0 aliphatic rings. The van der Waals surface area contributed by atoms with Crippen LogP contribution >= 0.6 is 0 Å². The van der Waals surface area contributed by atoms with Crippen LogP contribution in [-0.2, 0) is 10.0 Å². The van der Waals surface area contributed by atoms with Crippen molar-refractivity contribution in [3.8, 4) is 0 Å². The Morgan fingerprint density at radius 3 is 2.03 bits per heavy atom. The zero-order chi connectivity index (χ0) is 20.9. The van der Waals surface area contributed by atoms with Crippen LogP contribution in [0, 0.1) is 0 Å². The van der Waals surface area contributed by atoms with Crippen molar-refractivity contribution in [1.29, 1.82) is 0 Å². The summed E-state index contributed by atoms with van der Waals surface area (Å²) in [4.78, 5) is 24.2. The van der Waals surface area contributed by atoms with Crippen LogP contribution < -0.4 is 15.4 Å². The van der Waals surface area contributed by atoms with Crippen LogP contribution in [0.2, 0.25) is 0 Å². The van der Waals surface area contributed by atoms with E-state index < -0.39 is 15.9 Å². The Hall–Kier alpha value is -3.65. The minimum atomic E-state index is -3.76. The third kappa shape index (κ3) is 4.99. The van der Waals surface area contributed by atoms with Crippen molar-refractivity contribution in [1.82, 2.24) is 5.32 Å². The summed E-state index contributed by atoms with van der Waals surface area (Å²) < 4.78 is 27.4. The number of anilines is 2. The second-order valence-corrected chi connectivity index (χ2v) is 7.79. The summed E-state index contributed by atoms with van der Waals surface area (Å²) in [5.74, 6) is -0.680. The summed E-state index contributed by atoms with van der Waals surface area (Å²) in [6.45, 7) is 0. The van der Waals surface area contributed by atoms with Gasteiger partial charge in [0.1, 0.15) is 0 Å². The minimum absolute atomic E-state index is 0.0412. The van der Waals surface area contributed by atoms with Crippen LogP contribution in [0.5, 0.6) is 0 Å². The molecule has 0 unspecified atom stereocenters. The van der Waals surface area contributed by atoms with Crippen molar-refractivity contribution >= 4 is 33.2 Å². The highest BCUT2D eigenvalue weighted by Crippen LogP contribution is 2.17. The van der Waals surface area contributed by atoms with Gasteiger partial charge < -0.3 is 10.6 Å². The smallest absolute Gasteiger partial charge is 0.261 e. The van der Waals surface area contributed by atoms with Gasteiger partial charge in [0.2, 0.25) is 0 Å². The summed E-state index contributed by atoms with van der Waals surface area (Å²) in [5.41, 5.74) is 1.61. The van der Waals surface area contributed by atoms with E-state index in [9.17, 15) is 18.0 Å². The molecule has 0 saturated carbocycles. The molecule has 3 aromatic rings. The van der Waals surface area contributed by atoms with Crippen molar-refractivity contribution < 1.29 is 18.0 Å². The van der Waals surface area contributed by atoms with Gasteiger partial charge in [0.05, 0.1) is 4.90 Å². The lowest BCUT2D eigenvalue weighted by Gasteiger charge is -2.09. The monoisotopic (exact) mass is 409 g/mol. The predicted octanol–water partition coefficient (Wildman–Crippen LogP) is 3.10. The molecule has 0 aliphatic carbocycles. The third-order valence-electron chi connectivity index (χ3n) is 4.06. The molecule has 0 fully saturated rings. The first-order valence-corrected chi connectivity index (χ1v) is 10.2. The lowest BCUT2D eigenvalue weighted by molar-refractivity contribution is 0.0961. The second-order valence-electron chi connectivity index (χ2n) is 6.11. The molecule has 3 aromatic carbocycles. The molecular formula is C21H19N3O4S. The number of carbonyl (C=O) groups excluding carboxylic acids is 2. The fourth-order valence-electron chi connectivity index (χ4n) is 2.59. The maximum absolute atomic E-state index is 12.5. The first-order chi connectivity index (χ1) is 13.9. The van der Waals surface area contributed by atoms with Gasteiger partial charge in [-0.15, -0.1) is 0 Å². The standard InChI is InChI=1S/C21H19N3O4S/c1-22-20(25)16-6-5-9-18(14-16)23-21(26)15-10-12-19(13-11-15)29(27,28)24-17-7-3-2-4-8-17/h2-14,24H,1H3,(H,22,25)(H,23,26). The van der Waals surface area contributed by atoms with E-state index in [2.05, 4.69) is 15.4 Å². The highest BCUT2D eigenvalue weighted by molar-refractivity contribution is 7.92. The highest BCUT2D eigenvalue weighted by Gasteiger charge is 2.15. The molecule has 0 aliphatic heterocycles. The second kappa shape index (κ2) is 8.57. The van der Waals surface area contributed by atoms with E-state index in [0.29, 0.717) is 16.9 Å².